The normalized spacial score (nSPS) is 15.7. The van der Waals surface area contributed by atoms with Crippen LogP contribution in [0.2, 0.25) is 0 Å². The van der Waals surface area contributed by atoms with Gasteiger partial charge < -0.3 is 24.8 Å². The molecule has 0 radical (unpaired) electrons. The highest BCUT2D eigenvalue weighted by Gasteiger charge is 2.15. The van der Waals surface area contributed by atoms with Gasteiger partial charge in [-0.15, -0.1) is 10.2 Å². The van der Waals surface area contributed by atoms with Crippen LogP contribution in [0.4, 0.5) is 10.6 Å². The maximum absolute atomic E-state index is 12.1. The molecule has 25 heavy (non-hydrogen) atoms. The smallest absolute Gasteiger partial charge is 0.315 e. The van der Waals surface area contributed by atoms with Crippen molar-refractivity contribution in [3.63, 3.8) is 0 Å². The van der Waals surface area contributed by atoms with E-state index in [0.29, 0.717) is 25.6 Å². The molecule has 9 heteroatoms. The van der Waals surface area contributed by atoms with Gasteiger partial charge in [-0.1, -0.05) is 0 Å². The number of hydrogen-bond donors (Lipinski definition) is 2. The predicted molar refractivity (Wildman–Crippen MR) is 92.1 cm³/mol. The van der Waals surface area contributed by atoms with E-state index in [2.05, 4.69) is 30.7 Å². The molecule has 3 heterocycles. The zero-order valence-corrected chi connectivity index (χ0v) is 14.5. The minimum absolute atomic E-state index is 0.228. The van der Waals surface area contributed by atoms with Crippen molar-refractivity contribution >= 4 is 11.8 Å². The van der Waals surface area contributed by atoms with Crippen LogP contribution in [-0.2, 0) is 18.3 Å². The van der Waals surface area contributed by atoms with Gasteiger partial charge in [-0.25, -0.2) is 9.78 Å². The average molecular weight is 345 g/mol. The van der Waals surface area contributed by atoms with Gasteiger partial charge in [0, 0.05) is 32.9 Å². The van der Waals surface area contributed by atoms with E-state index in [1.165, 1.54) is 0 Å². The van der Waals surface area contributed by atoms with E-state index < -0.39 is 0 Å². The number of carbonyl (C=O) groups excluding carboxylic acids is 1. The first-order valence-electron chi connectivity index (χ1n) is 8.29. The molecule has 2 aromatic heterocycles. The van der Waals surface area contributed by atoms with Gasteiger partial charge in [0.2, 0.25) is 0 Å². The van der Waals surface area contributed by atoms with E-state index >= 15 is 0 Å². The van der Waals surface area contributed by atoms with Gasteiger partial charge in [0.25, 0.3) is 0 Å². The molecule has 9 nitrogen and oxygen atoms in total. The third-order valence-electron chi connectivity index (χ3n) is 4.08. The molecule has 1 atom stereocenters. The monoisotopic (exact) mass is 345 g/mol. The molecule has 0 spiro atoms. The lowest BCUT2D eigenvalue weighted by atomic mass is 10.2. The number of rotatable bonds is 5. The number of carbonyl (C=O) groups is 1. The summed E-state index contributed by atoms with van der Waals surface area (Å²) in [6.07, 6.45) is 3.37. The second-order valence-corrected chi connectivity index (χ2v) is 5.97. The minimum atomic E-state index is -0.250. The number of aryl methyl sites for hydroxylation is 1. The molecule has 2 aromatic rings. The van der Waals surface area contributed by atoms with Crippen molar-refractivity contribution < 1.29 is 9.53 Å². The summed E-state index contributed by atoms with van der Waals surface area (Å²) in [4.78, 5) is 18.7. The first kappa shape index (κ1) is 17.2. The lowest BCUT2D eigenvalue weighted by Crippen LogP contribution is -2.38. The van der Waals surface area contributed by atoms with Crippen molar-refractivity contribution in [2.75, 3.05) is 31.2 Å². The first-order valence-corrected chi connectivity index (χ1v) is 8.29. The van der Waals surface area contributed by atoms with E-state index in [-0.39, 0.29) is 12.1 Å². The summed E-state index contributed by atoms with van der Waals surface area (Å²) in [6, 6.07) is 3.42. The summed E-state index contributed by atoms with van der Waals surface area (Å²) in [6.45, 7) is 5.39. The molecule has 1 unspecified atom stereocenters. The van der Waals surface area contributed by atoms with Crippen LogP contribution in [0.25, 0.3) is 0 Å². The summed E-state index contributed by atoms with van der Waals surface area (Å²) in [5.74, 6) is 1.61. The minimum Gasteiger partial charge on any atom is -0.378 e. The van der Waals surface area contributed by atoms with Gasteiger partial charge in [0.15, 0.2) is 5.82 Å². The number of amides is 2. The Balaban J connectivity index is 1.52. The zero-order valence-electron chi connectivity index (χ0n) is 14.5. The molecule has 0 bridgehead atoms. The Morgan fingerprint density at radius 3 is 2.92 bits per heavy atom. The van der Waals surface area contributed by atoms with E-state index in [1.54, 1.807) is 17.1 Å². The average Bonchev–Trinajstić information content (AvgIpc) is 3.07. The molecule has 0 aromatic carbocycles. The lowest BCUT2D eigenvalue weighted by molar-refractivity contribution is 0.122. The molecule has 2 N–H and O–H groups in total. The Bertz CT molecular complexity index is 712. The second kappa shape index (κ2) is 7.93. The van der Waals surface area contributed by atoms with Crippen molar-refractivity contribution in [2.24, 2.45) is 7.05 Å². The molecule has 2 amide bonds. The van der Waals surface area contributed by atoms with E-state index in [4.69, 9.17) is 4.74 Å². The number of aromatic nitrogens is 4. The fraction of sp³-hybridized carbons (Fsp3) is 0.500. The highest BCUT2D eigenvalue weighted by molar-refractivity contribution is 5.74. The molecule has 0 aliphatic carbocycles. The summed E-state index contributed by atoms with van der Waals surface area (Å²) in [7, 11) is 1.84. The Morgan fingerprint density at radius 1 is 1.40 bits per heavy atom. The molecule has 1 saturated heterocycles. The summed E-state index contributed by atoms with van der Waals surface area (Å²) in [5.41, 5.74) is 0.998. The van der Waals surface area contributed by atoms with Crippen molar-refractivity contribution in [3.8, 4) is 0 Å². The van der Waals surface area contributed by atoms with Crippen LogP contribution in [0.5, 0.6) is 0 Å². The number of nitrogens with one attached hydrogen (secondary N) is 2. The number of pyridine rings is 1. The van der Waals surface area contributed by atoms with Crippen LogP contribution in [-0.4, -0.2) is 52.1 Å². The van der Waals surface area contributed by atoms with Crippen molar-refractivity contribution in [3.05, 3.63) is 36.0 Å². The topological polar surface area (TPSA) is 97.2 Å². The van der Waals surface area contributed by atoms with Crippen molar-refractivity contribution in [1.82, 2.24) is 30.4 Å². The largest absolute Gasteiger partial charge is 0.378 e. The van der Waals surface area contributed by atoms with Gasteiger partial charge in [-0.05, 0) is 24.6 Å². The first-order chi connectivity index (χ1) is 12.1. The fourth-order valence-electron chi connectivity index (χ4n) is 2.71. The van der Waals surface area contributed by atoms with Gasteiger partial charge in [-0.3, -0.25) is 0 Å². The molecular weight excluding hydrogens is 322 g/mol. The van der Waals surface area contributed by atoms with Crippen molar-refractivity contribution in [1.29, 1.82) is 0 Å². The third-order valence-corrected chi connectivity index (χ3v) is 4.08. The molecule has 3 rings (SSSR count). The summed E-state index contributed by atoms with van der Waals surface area (Å²) < 4.78 is 7.14. The lowest BCUT2D eigenvalue weighted by Gasteiger charge is -2.28. The molecule has 1 aliphatic heterocycles. The number of morpholine rings is 1. The van der Waals surface area contributed by atoms with E-state index in [0.717, 1.165) is 24.5 Å². The Kier molecular flexibility index (Phi) is 5.44. The quantitative estimate of drug-likeness (QED) is 0.824. The number of anilines is 1. The van der Waals surface area contributed by atoms with Crippen LogP contribution in [0, 0.1) is 0 Å². The third kappa shape index (κ3) is 4.44. The maximum Gasteiger partial charge on any atom is 0.315 e. The molecule has 1 fully saturated rings. The van der Waals surface area contributed by atoms with Gasteiger partial charge in [-0.2, -0.15) is 0 Å². The van der Waals surface area contributed by atoms with Crippen LogP contribution in [0.15, 0.2) is 24.7 Å². The van der Waals surface area contributed by atoms with E-state index in [1.807, 2.05) is 26.1 Å². The van der Waals surface area contributed by atoms with Crippen LogP contribution >= 0.6 is 0 Å². The highest BCUT2D eigenvalue weighted by atomic mass is 16.5. The van der Waals surface area contributed by atoms with Crippen molar-refractivity contribution in [2.45, 2.75) is 19.5 Å². The number of nitrogens with zero attached hydrogens (tertiary/aromatic N) is 5. The van der Waals surface area contributed by atoms with E-state index in [9.17, 15) is 4.79 Å². The summed E-state index contributed by atoms with van der Waals surface area (Å²) in [5, 5.41) is 13.5. The van der Waals surface area contributed by atoms with Crippen LogP contribution < -0.4 is 15.5 Å². The Morgan fingerprint density at radius 2 is 2.20 bits per heavy atom. The predicted octanol–water partition coefficient (Wildman–Crippen LogP) is 0.607. The zero-order chi connectivity index (χ0) is 17.6. The number of hydrogen-bond acceptors (Lipinski definition) is 6. The van der Waals surface area contributed by atoms with Gasteiger partial charge in [0.1, 0.15) is 12.1 Å². The molecule has 1 aliphatic rings. The Hall–Kier alpha value is -2.68. The molecular formula is C16H23N7O2. The highest BCUT2D eigenvalue weighted by Crippen LogP contribution is 2.14. The number of urea groups is 1. The Labute approximate surface area is 146 Å². The standard InChI is InChI=1S/C16H23N7O2/c1-12(15-21-19-11-22(15)2)20-16(24)18-10-13-3-4-17-14(9-13)23-5-7-25-8-6-23/h3-4,9,11-12H,5-8,10H2,1-2H3,(H2,18,20,24). The summed E-state index contributed by atoms with van der Waals surface area (Å²) >= 11 is 0. The molecule has 0 saturated carbocycles. The van der Waals surface area contributed by atoms with Crippen LogP contribution in [0.1, 0.15) is 24.4 Å². The molecule has 134 valence electrons. The SMILES string of the molecule is CC(NC(=O)NCc1ccnc(N2CCOCC2)c1)c1nncn1C. The van der Waals surface area contributed by atoms with Crippen LogP contribution in [0.3, 0.4) is 0 Å². The van der Waals surface area contributed by atoms with Gasteiger partial charge >= 0.3 is 6.03 Å². The maximum atomic E-state index is 12.1. The second-order valence-electron chi connectivity index (χ2n) is 5.97. The van der Waals surface area contributed by atoms with Gasteiger partial charge in [0.05, 0.1) is 19.3 Å². The number of ether oxygens (including phenoxy) is 1. The fourth-order valence-corrected chi connectivity index (χ4v) is 2.71.